The Balaban J connectivity index is 2.29. The molecule has 0 saturated heterocycles. The quantitative estimate of drug-likeness (QED) is 0.751. The van der Waals surface area contributed by atoms with Gasteiger partial charge in [-0.1, -0.05) is 26.3 Å². The molecular weight excluding hydrogens is 356 g/mol. The van der Waals surface area contributed by atoms with Crippen LogP contribution in [0.3, 0.4) is 0 Å². The summed E-state index contributed by atoms with van der Waals surface area (Å²) in [6, 6.07) is 4.12. The zero-order valence-electron chi connectivity index (χ0n) is 15.4. The van der Waals surface area contributed by atoms with Gasteiger partial charge in [0.15, 0.2) is 0 Å². The Labute approximate surface area is 154 Å². The Kier molecular flexibility index (Phi) is 6.41. The van der Waals surface area contributed by atoms with Crippen LogP contribution in [-0.4, -0.2) is 48.8 Å². The number of benzene rings is 1. The van der Waals surface area contributed by atoms with Gasteiger partial charge in [0, 0.05) is 24.7 Å². The molecule has 0 radical (unpaired) electrons. The number of rotatable bonds is 7. The minimum Gasteiger partial charge on any atom is -0.481 e. The second-order valence-electron chi connectivity index (χ2n) is 6.53. The lowest BCUT2D eigenvalue weighted by Gasteiger charge is -2.21. The minimum atomic E-state index is -3.68. The second-order valence-corrected chi connectivity index (χ2v) is 8.43. The highest BCUT2D eigenvalue weighted by Crippen LogP contribution is 2.27. The van der Waals surface area contributed by atoms with E-state index in [4.69, 9.17) is 0 Å². The number of aryl methyl sites for hydroxylation is 1. The van der Waals surface area contributed by atoms with Gasteiger partial charge in [0.05, 0.1) is 10.8 Å². The number of carbonyl (C=O) groups excluding carboxylic acids is 1. The van der Waals surface area contributed by atoms with Gasteiger partial charge in [0.25, 0.3) is 5.91 Å². The number of nitrogens with one attached hydrogen (secondary N) is 1. The molecule has 1 amide bonds. The van der Waals surface area contributed by atoms with Crippen LogP contribution in [0, 0.1) is 12.8 Å². The molecule has 8 heteroatoms. The summed E-state index contributed by atoms with van der Waals surface area (Å²) >= 11 is 0. The van der Waals surface area contributed by atoms with Crippen LogP contribution >= 0.6 is 0 Å². The molecule has 0 spiro atoms. The predicted octanol–water partition coefficient (Wildman–Crippen LogP) is 2.01. The minimum absolute atomic E-state index is 0.107. The fourth-order valence-corrected chi connectivity index (χ4v) is 5.11. The molecule has 26 heavy (non-hydrogen) atoms. The van der Waals surface area contributed by atoms with E-state index in [0.717, 1.165) is 6.42 Å². The van der Waals surface area contributed by atoms with Crippen molar-refractivity contribution in [3.05, 3.63) is 29.3 Å². The maximum Gasteiger partial charge on any atom is 0.308 e. The molecule has 2 N–H and O–H groups in total. The molecule has 0 aromatic heterocycles. The molecule has 2 atom stereocenters. The molecule has 144 valence electrons. The Hall–Kier alpha value is -1.93. The molecule has 1 aliphatic carbocycles. The summed E-state index contributed by atoms with van der Waals surface area (Å²) in [5.74, 6) is -1.95. The average molecular weight is 382 g/mol. The number of amides is 1. The number of carboxylic acid groups (broad SMARTS) is 1. The molecule has 1 aromatic carbocycles. The number of carbonyl (C=O) groups is 2. The van der Waals surface area contributed by atoms with E-state index in [2.05, 4.69) is 5.32 Å². The Morgan fingerprint density at radius 1 is 1.23 bits per heavy atom. The Bertz CT molecular complexity index is 787. The van der Waals surface area contributed by atoms with Crippen molar-refractivity contribution in [3.8, 4) is 0 Å². The lowest BCUT2D eigenvalue weighted by atomic mass is 10.0. The molecule has 0 bridgehead atoms. The molecule has 0 aliphatic heterocycles. The normalized spacial score (nSPS) is 20.3. The van der Waals surface area contributed by atoms with Crippen molar-refractivity contribution in [2.75, 3.05) is 13.1 Å². The Morgan fingerprint density at radius 3 is 2.46 bits per heavy atom. The lowest BCUT2D eigenvalue weighted by Crippen LogP contribution is -2.40. The molecule has 0 unspecified atom stereocenters. The largest absolute Gasteiger partial charge is 0.481 e. The molecule has 2 rings (SSSR count). The smallest absolute Gasteiger partial charge is 0.308 e. The van der Waals surface area contributed by atoms with E-state index in [0.29, 0.717) is 31.5 Å². The van der Waals surface area contributed by atoms with Crippen LogP contribution in [0.25, 0.3) is 0 Å². The van der Waals surface area contributed by atoms with Crippen LogP contribution < -0.4 is 5.32 Å². The fraction of sp³-hybridized carbons (Fsp3) is 0.556. The fourth-order valence-electron chi connectivity index (χ4n) is 3.40. The molecule has 1 aliphatic rings. The third-order valence-electron chi connectivity index (χ3n) is 4.92. The number of hydrogen-bond acceptors (Lipinski definition) is 4. The first-order chi connectivity index (χ1) is 12.2. The second kappa shape index (κ2) is 8.18. The first-order valence-corrected chi connectivity index (χ1v) is 10.3. The maximum absolute atomic E-state index is 12.8. The summed E-state index contributed by atoms with van der Waals surface area (Å²) in [5, 5.41) is 12.0. The summed E-state index contributed by atoms with van der Waals surface area (Å²) in [7, 11) is -3.68. The van der Waals surface area contributed by atoms with Crippen LogP contribution in [-0.2, 0) is 14.8 Å². The zero-order chi connectivity index (χ0) is 19.5. The van der Waals surface area contributed by atoms with Crippen molar-refractivity contribution in [1.29, 1.82) is 0 Å². The van der Waals surface area contributed by atoms with E-state index < -0.39 is 33.9 Å². The van der Waals surface area contributed by atoms with Gasteiger partial charge in [-0.05, 0) is 37.5 Å². The SMILES string of the molecule is CCN(CC)S(=O)(=O)c1cc(C(=O)N[C@@H]2CCC[C@@H]2C(=O)O)ccc1C. The first kappa shape index (κ1) is 20.4. The van der Waals surface area contributed by atoms with Crippen LogP contribution in [0.5, 0.6) is 0 Å². The average Bonchev–Trinajstić information content (AvgIpc) is 3.04. The van der Waals surface area contributed by atoms with Crippen molar-refractivity contribution in [3.63, 3.8) is 0 Å². The monoisotopic (exact) mass is 382 g/mol. The standard InChI is InChI=1S/C18H26N2O5S/c1-4-20(5-2)26(24,25)16-11-13(10-9-12(16)3)17(21)19-15-8-6-7-14(15)18(22)23/h9-11,14-15H,4-8H2,1-3H3,(H,19,21)(H,22,23)/t14-,15+/m0/s1. The number of nitrogens with zero attached hydrogens (tertiary/aromatic N) is 1. The van der Waals surface area contributed by atoms with Crippen molar-refractivity contribution in [2.24, 2.45) is 5.92 Å². The number of sulfonamides is 1. The third kappa shape index (κ3) is 4.07. The zero-order valence-corrected chi connectivity index (χ0v) is 16.2. The van der Waals surface area contributed by atoms with E-state index in [1.165, 1.54) is 10.4 Å². The Morgan fingerprint density at radius 2 is 1.88 bits per heavy atom. The molecule has 1 fully saturated rings. The highest BCUT2D eigenvalue weighted by molar-refractivity contribution is 7.89. The van der Waals surface area contributed by atoms with Gasteiger partial charge in [-0.15, -0.1) is 0 Å². The number of carboxylic acids is 1. The summed E-state index contributed by atoms with van der Waals surface area (Å²) in [4.78, 5) is 23.9. The van der Waals surface area contributed by atoms with Crippen LogP contribution in [0.15, 0.2) is 23.1 Å². The van der Waals surface area contributed by atoms with Crippen molar-refractivity contribution in [1.82, 2.24) is 9.62 Å². The summed E-state index contributed by atoms with van der Waals surface area (Å²) < 4.78 is 26.9. The van der Waals surface area contributed by atoms with E-state index in [1.54, 1.807) is 32.9 Å². The van der Waals surface area contributed by atoms with Crippen LogP contribution in [0.2, 0.25) is 0 Å². The number of aliphatic carboxylic acids is 1. The predicted molar refractivity (Wildman–Crippen MR) is 97.5 cm³/mol. The van der Waals surface area contributed by atoms with Gasteiger partial charge in [-0.3, -0.25) is 9.59 Å². The highest BCUT2D eigenvalue weighted by atomic mass is 32.2. The summed E-state index contributed by atoms with van der Waals surface area (Å²) in [5.41, 5.74) is 0.787. The van der Waals surface area contributed by atoms with Crippen LogP contribution in [0.1, 0.15) is 49.0 Å². The third-order valence-corrected chi connectivity index (χ3v) is 7.12. The summed E-state index contributed by atoms with van der Waals surface area (Å²) in [6.07, 6.45) is 1.90. The van der Waals surface area contributed by atoms with E-state index >= 15 is 0 Å². The van der Waals surface area contributed by atoms with Gasteiger partial charge < -0.3 is 10.4 Å². The van der Waals surface area contributed by atoms with E-state index in [-0.39, 0.29) is 10.5 Å². The van der Waals surface area contributed by atoms with Crippen molar-refractivity contribution >= 4 is 21.9 Å². The van der Waals surface area contributed by atoms with Gasteiger partial charge in [0.2, 0.25) is 10.0 Å². The van der Waals surface area contributed by atoms with Crippen LogP contribution in [0.4, 0.5) is 0 Å². The van der Waals surface area contributed by atoms with Crippen molar-refractivity contribution < 1.29 is 23.1 Å². The van der Waals surface area contributed by atoms with Gasteiger partial charge in [0.1, 0.15) is 0 Å². The van der Waals surface area contributed by atoms with E-state index in [1.807, 2.05) is 0 Å². The molecule has 1 aromatic rings. The van der Waals surface area contributed by atoms with Crippen molar-refractivity contribution in [2.45, 2.75) is 51.0 Å². The molecule has 1 saturated carbocycles. The summed E-state index contributed by atoms with van der Waals surface area (Å²) in [6.45, 7) is 5.90. The van der Waals surface area contributed by atoms with Gasteiger partial charge >= 0.3 is 5.97 Å². The number of hydrogen-bond donors (Lipinski definition) is 2. The topological polar surface area (TPSA) is 104 Å². The maximum atomic E-state index is 12.8. The molecular formula is C18H26N2O5S. The van der Waals surface area contributed by atoms with Gasteiger partial charge in [-0.2, -0.15) is 4.31 Å². The molecule has 0 heterocycles. The van der Waals surface area contributed by atoms with Gasteiger partial charge in [-0.25, -0.2) is 8.42 Å². The van der Waals surface area contributed by atoms with E-state index in [9.17, 15) is 23.1 Å². The molecule has 7 nitrogen and oxygen atoms in total. The first-order valence-electron chi connectivity index (χ1n) is 8.86. The highest BCUT2D eigenvalue weighted by Gasteiger charge is 2.34. The lowest BCUT2D eigenvalue weighted by molar-refractivity contribution is -0.142.